The van der Waals surface area contributed by atoms with E-state index in [-0.39, 0.29) is 11.7 Å². The van der Waals surface area contributed by atoms with Crippen LogP contribution >= 0.6 is 0 Å². The summed E-state index contributed by atoms with van der Waals surface area (Å²) in [5, 5.41) is 19.8. The second-order valence-electron chi connectivity index (χ2n) is 7.58. The minimum Gasteiger partial charge on any atom is -0.507 e. The summed E-state index contributed by atoms with van der Waals surface area (Å²) in [4.78, 5) is 14.8. The molecule has 1 aliphatic rings. The first-order valence-corrected chi connectivity index (χ1v) is 10.0. The van der Waals surface area contributed by atoms with Gasteiger partial charge in [0.05, 0.1) is 5.69 Å². The van der Waals surface area contributed by atoms with E-state index in [0.29, 0.717) is 29.4 Å². The third-order valence-electron chi connectivity index (χ3n) is 5.62. The van der Waals surface area contributed by atoms with E-state index in [0.717, 1.165) is 26.1 Å². The lowest BCUT2D eigenvalue weighted by Gasteiger charge is -2.17. The number of aryl methyl sites for hydroxylation is 1. The third-order valence-corrected chi connectivity index (χ3v) is 5.62. The highest BCUT2D eigenvalue weighted by Crippen LogP contribution is 2.29. The fourth-order valence-electron chi connectivity index (χ4n) is 4.02. The number of nitrogens with one attached hydrogen (secondary N) is 2. The first-order valence-electron chi connectivity index (χ1n) is 10.0. The van der Waals surface area contributed by atoms with Crippen LogP contribution in [-0.4, -0.2) is 52.3 Å². The molecular weight excluding hydrogens is 364 g/mol. The zero-order valence-corrected chi connectivity index (χ0v) is 16.6. The minimum atomic E-state index is -0.186. The topological polar surface area (TPSA) is 81.2 Å². The molecule has 1 fully saturated rings. The van der Waals surface area contributed by atoms with Crippen LogP contribution < -0.4 is 5.32 Å². The van der Waals surface area contributed by atoms with Gasteiger partial charge in [-0.05, 0) is 55.1 Å². The molecule has 1 atom stereocenters. The molecule has 6 nitrogen and oxygen atoms in total. The van der Waals surface area contributed by atoms with Crippen LogP contribution in [-0.2, 0) is 0 Å². The summed E-state index contributed by atoms with van der Waals surface area (Å²) >= 11 is 0. The van der Waals surface area contributed by atoms with Gasteiger partial charge in [-0.15, -0.1) is 0 Å². The molecule has 2 heterocycles. The van der Waals surface area contributed by atoms with Gasteiger partial charge >= 0.3 is 0 Å². The van der Waals surface area contributed by atoms with Gasteiger partial charge in [-0.3, -0.25) is 9.89 Å². The van der Waals surface area contributed by atoms with Gasteiger partial charge in [-0.1, -0.05) is 36.4 Å². The van der Waals surface area contributed by atoms with E-state index in [9.17, 15) is 9.90 Å². The first kappa shape index (κ1) is 19.2. The van der Waals surface area contributed by atoms with E-state index >= 15 is 0 Å². The van der Waals surface area contributed by atoms with Crippen molar-refractivity contribution < 1.29 is 9.90 Å². The molecule has 0 radical (unpaired) electrons. The number of rotatable bonds is 6. The van der Waals surface area contributed by atoms with Gasteiger partial charge < -0.3 is 15.3 Å². The van der Waals surface area contributed by atoms with Gasteiger partial charge in [-0.2, -0.15) is 5.10 Å². The number of hydrogen-bond donors (Lipinski definition) is 3. The lowest BCUT2D eigenvalue weighted by Crippen LogP contribution is -2.34. The number of aromatic nitrogens is 2. The number of benzene rings is 2. The number of para-hydroxylation sites is 1. The Morgan fingerprint density at radius 3 is 2.86 bits per heavy atom. The van der Waals surface area contributed by atoms with Crippen LogP contribution in [0.4, 0.5) is 0 Å². The molecule has 3 N–H and O–H groups in total. The van der Waals surface area contributed by atoms with E-state index in [1.807, 2.05) is 6.07 Å². The van der Waals surface area contributed by atoms with Gasteiger partial charge in [0.2, 0.25) is 0 Å². The second-order valence-corrected chi connectivity index (χ2v) is 7.58. The Kier molecular flexibility index (Phi) is 5.62. The maximum Gasteiger partial charge on any atom is 0.269 e. The Morgan fingerprint density at radius 2 is 2.03 bits per heavy atom. The number of H-pyrrole nitrogens is 1. The summed E-state index contributed by atoms with van der Waals surface area (Å²) in [6.07, 6.45) is 1.16. The quantitative estimate of drug-likeness (QED) is 0.603. The summed E-state index contributed by atoms with van der Waals surface area (Å²) < 4.78 is 0. The number of aromatic amines is 1. The highest BCUT2D eigenvalue weighted by molar-refractivity contribution is 5.93. The smallest absolute Gasteiger partial charge is 0.269 e. The Bertz CT molecular complexity index is 998. The molecule has 4 rings (SSSR count). The van der Waals surface area contributed by atoms with Crippen molar-refractivity contribution >= 4 is 5.91 Å². The van der Waals surface area contributed by atoms with Crippen LogP contribution in [0.15, 0.2) is 54.6 Å². The molecule has 0 saturated carbocycles. The molecule has 1 aliphatic heterocycles. The molecule has 6 heteroatoms. The van der Waals surface area contributed by atoms with Gasteiger partial charge in [0.25, 0.3) is 5.91 Å². The van der Waals surface area contributed by atoms with Crippen molar-refractivity contribution in [1.29, 1.82) is 0 Å². The SMILES string of the molecule is Cc1ccccc1C1CCN(CCNC(=O)c2cc(-c3ccccc3O)n[nH]2)C1. The molecule has 1 amide bonds. The highest BCUT2D eigenvalue weighted by Gasteiger charge is 2.24. The predicted molar refractivity (Wildman–Crippen MR) is 113 cm³/mol. The standard InChI is InChI=1S/C23H26N4O2/c1-16-6-2-3-7-18(16)17-10-12-27(15-17)13-11-24-23(29)21-14-20(25-26-21)19-8-4-5-9-22(19)28/h2-9,14,17,28H,10-13,15H2,1H3,(H,24,29)(H,25,26). The fourth-order valence-corrected chi connectivity index (χ4v) is 4.02. The van der Waals surface area contributed by atoms with Crippen LogP contribution in [0.5, 0.6) is 5.75 Å². The molecule has 2 aromatic carbocycles. The van der Waals surface area contributed by atoms with E-state index < -0.39 is 0 Å². The number of carbonyl (C=O) groups is 1. The van der Waals surface area contributed by atoms with Crippen molar-refractivity contribution in [1.82, 2.24) is 20.4 Å². The summed E-state index contributed by atoms with van der Waals surface area (Å²) in [5.41, 5.74) is 4.33. The van der Waals surface area contributed by atoms with E-state index in [2.05, 4.69) is 51.6 Å². The van der Waals surface area contributed by atoms with Crippen molar-refractivity contribution in [3.8, 4) is 17.0 Å². The average molecular weight is 390 g/mol. The largest absolute Gasteiger partial charge is 0.507 e. The number of likely N-dealkylation sites (tertiary alicyclic amines) is 1. The minimum absolute atomic E-state index is 0.142. The number of hydrogen-bond acceptors (Lipinski definition) is 4. The normalized spacial score (nSPS) is 16.8. The molecule has 3 aromatic rings. The zero-order chi connectivity index (χ0) is 20.2. The molecule has 1 aromatic heterocycles. The van der Waals surface area contributed by atoms with Crippen LogP contribution in [0, 0.1) is 6.92 Å². The Balaban J connectivity index is 1.28. The van der Waals surface area contributed by atoms with Crippen LogP contribution in [0.3, 0.4) is 0 Å². The number of amides is 1. The summed E-state index contributed by atoms with van der Waals surface area (Å²) in [7, 11) is 0. The predicted octanol–water partition coefficient (Wildman–Crippen LogP) is 3.31. The number of aromatic hydroxyl groups is 1. The fraction of sp³-hybridized carbons (Fsp3) is 0.304. The van der Waals surface area contributed by atoms with Gasteiger partial charge in [0.15, 0.2) is 0 Å². The third kappa shape index (κ3) is 4.32. The molecular formula is C23H26N4O2. The average Bonchev–Trinajstić information content (AvgIpc) is 3.39. The molecule has 29 heavy (non-hydrogen) atoms. The number of nitrogens with zero attached hydrogens (tertiary/aromatic N) is 2. The Labute approximate surface area is 170 Å². The maximum atomic E-state index is 12.4. The van der Waals surface area contributed by atoms with Crippen molar-refractivity contribution in [2.45, 2.75) is 19.3 Å². The summed E-state index contributed by atoms with van der Waals surface area (Å²) in [6, 6.07) is 17.2. The number of phenolic OH excluding ortho intramolecular Hbond substituents is 1. The van der Waals surface area contributed by atoms with Gasteiger partial charge in [0.1, 0.15) is 11.4 Å². The van der Waals surface area contributed by atoms with Crippen LogP contribution in [0.1, 0.15) is 34.0 Å². The molecule has 1 saturated heterocycles. The lowest BCUT2D eigenvalue weighted by atomic mass is 9.94. The Morgan fingerprint density at radius 1 is 1.24 bits per heavy atom. The molecule has 0 aliphatic carbocycles. The van der Waals surface area contributed by atoms with Crippen molar-refractivity contribution in [2.24, 2.45) is 0 Å². The van der Waals surface area contributed by atoms with E-state index in [1.165, 1.54) is 11.1 Å². The zero-order valence-electron chi connectivity index (χ0n) is 16.6. The van der Waals surface area contributed by atoms with Crippen molar-refractivity contribution in [3.63, 3.8) is 0 Å². The second kappa shape index (κ2) is 8.49. The van der Waals surface area contributed by atoms with Crippen LogP contribution in [0.2, 0.25) is 0 Å². The molecule has 0 spiro atoms. The van der Waals surface area contributed by atoms with E-state index in [4.69, 9.17) is 0 Å². The number of phenols is 1. The lowest BCUT2D eigenvalue weighted by molar-refractivity contribution is 0.0944. The van der Waals surface area contributed by atoms with Crippen molar-refractivity contribution in [3.05, 3.63) is 71.4 Å². The number of carbonyl (C=O) groups excluding carboxylic acids is 1. The highest BCUT2D eigenvalue weighted by atomic mass is 16.3. The Hall–Kier alpha value is -3.12. The summed E-state index contributed by atoms with van der Waals surface area (Å²) in [5.74, 6) is 0.526. The first-order chi connectivity index (χ1) is 14.1. The van der Waals surface area contributed by atoms with E-state index in [1.54, 1.807) is 24.3 Å². The van der Waals surface area contributed by atoms with Gasteiger partial charge in [-0.25, -0.2) is 0 Å². The summed E-state index contributed by atoms with van der Waals surface area (Å²) in [6.45, 7) is 5.67. The maximum absolute atomic E-state index is 12.4. The molecule has 0 bridgehead atoms. The molecule has 150 valence electrons. The van der Waals surface area contributed by atoms with Gasteiger partial charge in [0, 0.05) is 25.2 Å². The van der Waals surface area contributed by atoms with Crippen LogP contribution in [0.25, 0.3) is 11.3 Å². The molecule has 1 unspecified atom stereocenters. The van der Waals surface area contributed by atoms with Crippen molar-refractivity contribution in [2.75, 3.05) is 26.2 Å². The monoisotopic (exact) mass is 390 g/mol.